The van der Waals surface area contributed by atoms with Crippen LogP contribution in [0, 0.1) is 22.7 Å². The Balaban J connectivity index is 1.05. The molecule has 0 amide bonds. The largest absolute Gasteiger partial charge is 0.309 e. The minimum atomic E-state index is 0.456. The smallest absolute Gasteiger partial charge is 0.101 e. The number of benzene rings is 11. The van der Waals surface area contributed by atoms with Gasteiger partial charge in [-0.15, -0.1) is 0 Å². The fourth-order valence-electron chi connectivity index (χ4n) is 12.0. The predicted molar refractivity (Wildman–Crippen MR) is 288 cm³/mol. The molecule has 0 fully saturated rings. The molecule has 15 aromatic rings. The highest BCUT2D eigenvalue weighted by Gasteiger charge is 2.26. The van der Waals surface area contributed by atoms with Crippen molar-refractivity contribution in [3.8, 4) is 34.9 Å². The molecule has 322 valence electrons. The van der Waals surface area contributed by atoms with Gasteiger partial charge in [0.25, 0.3) is 0 Å². The van der Waals surface area contributed by atoms with Gasteiger partial charge in [-0.25, -0.2) is 0 Å². The molecule has 0 aliphatic heterocycles. The first-order valence-electron chi connectivity index (χ1n) is 23.6. The van der Waals surface area contributed by atoms with Crippen molar-refractivity contribution in [2.75, 3.05) is 0 Å². The van der Waals surface area contributed by atoms with E-state index in [9.17, 15) is 10.5 Å². The zero-order valence-electron chi connectivity index (χ0n) is 37.5. The zero-order valence-corrected chi connectivity index (χ0v) is 37.5. The van der Waals surface area contributed by atoms with Gasteiger partial charge in [-0.3, -0.25) is 0 Å². The molecule has 0 unspecified atom stereocenters. The van der Waals surface area contributed by atoms with Crippen LogP contribution in [0.5, 0.6) is 0 Å². The monoisotopic (exact) mass is 888 g/mol. The van der Waals surface area contributed by atoms with Gasteiger partial charge in [0.15, 0.2) is 0 Å². The highest BCUT2D eigenvalue weighted by atomic mass is 15.0. The number of hydrogen-bond donors (Lipinski definition) is 0. The molecule has 0 spiro atoms. The van der Waals surface area contributed by atoms with Crippen LogP contribution in [0.3, 0.4) is 0 Å². The van der Waals surface area contributed by atoms with Gasteiger partial charge >= 0.3 is 0 Å². The van der Waals surface area contributed by atoms with E-state index in [1.165, 1.54) is 21.5 Å². The molecule has 70 heavy (non-hydrogen) atoms. The Labute approximate surface area is 400 Å². The molecule has 0 radical (unpaired) electrons. The number of nitrogens with zero attached hydrogens (tertiary/aromatic N) is 6. The van der Waals surface area contributed by atoms with Crippen molar-refractivity contribution < 1.29 is 0 Å². The topological polar surface area (TPSA) is 67.3 Å². The first-order chi connectivity index (χ1) is 34.7. The minimum Gasteiger partial charge on any atom is -0.309 e. The van der Waals surface area contributed by atoms with E-state index in [-0.39, 0.29) is 0 Å². The van der Waals surface area contributed by atoms with E-state index in [0.29, 0.717) is 22.5 Å². The Bertz CT molecular complexity index is 4450. The maximum atomic E-state index is 11.4. The van der Waals surface area contributed by atoms with Crippen LogP contribution >= 0.6 is 0 Å². The minimum absolute atomic E-state index is 0.456. The first kappa shape index (κ1) is 38.2. The molecular weight excluding hydrogens is 853 g/mol. The van der Waals surface area contributed by atoms with Gasteiger partial charge in [-0.05, 0) is 94.3 Å². The maximum Gasteiger partial charge on any atom is 0.101 e. The molecule has 6 heteroatoms. The molecule has 0 aliphatic rings. The molecule has 4 heterocycles. The van der Waals surface area contributed by atoms with Crippen molar-refractivity contribution in [1.29, 1.82) is 10.5 Å². The van der Waals surface area contributed by atoms with Gasteiger partial charge in [0, 0.05) is 43.1 Å². The molecule has 0 N–H and O–H groups in total. The number of hydrogen-bond acceptors (Lipinski definition) is 2. The van der Waals surface area contributed by atoms with Gasteiger partial charge < -0.3 is 18.3 Å². The third-order valence-electron chi connectivity index (χ3n) is 14.8. The number of nitriles is 2. The van der Waals surface area contributed by atoms with Crippen molar-refractivity contribution in [2.45, 2.75) is 0 Å². The Morgan fingerprint density at radius 2 is 0.543 bits per heavy atom. The third kappa shape index (κ3) is 5.03. The van der Waals surface area contributed by atoms with Crippen LogP contribution in [0.25, 0.3) is 132 Å². The Hall–Kier alpha value is -9.88. The van der Waals surface area contributed by atoms with Crippen LogP contribution in [0.15, 0.2) is 218 Å². The van der Waals surface area contributed by atoms with E-state index >= 15 is 0 Å². The number of para-hydroxylation sites is 4. The molecule has 0 aliphatic carbocycles. The van der Waals surface area contributed by atoms with E-state index in [0.717, 1.165) is 98.6 Å². The van der Waals surface area contributed by atoms with Gasteiger partial charge in [0.1, 0.15) is 12.1 Å². The standard InChI is InChI=1S/C64H36N6/c65-37-41-36-60(70-56-30-14-28-54(64(56)62-44-18-4-2-16-40(44)32-34-58(62)70)68-51-25-11-7-21-47(51)48-22-8-12-26-52(48)68)42(38-66)35-59(41)69-55-29-13-27-53(63(55)61-43-17-3-1-15-39(43)31-33-57(61)69)67-49-23-9-5-19-45(49)46-20-6-10-24-50(46)67/h1-36H. The van der Waals surface area contributed by atoms with E-state index in [1.54, 1.807) is 0 Å². The van der Waals surface area contributed by atoms with Crippen LogP contribution in [0.2, 0.25) is 0 Å². The molecular formula is C64H36N6. The lowest BCUT2D eigenvalue weighted by Gasteiger charge is -2.16. The second-order valence-corrected chi connectivity index (χ2v) is 18.2. The summed E-state index contributed by atoms with van der Waals surface area (Å²) in [7, 11) is 0. The van der Waals surface area contributed by atoms with Crippen LogP contribution in [0.1, 0.15) is 11.1 Å². The highest BCUT2D eigenvalue weighted by molar-refractivity contribution is 6.26. The number of aromatic nitrogens is 4. The predicted octanol–water partition coefficient (Wildman–Crippen LogP) is 16.1. The molecule has 0 bridgehead atoms. The molecule has 6 nitrogen and oxygen atoms in total. The van der Waals surface area contributed by atoms with Crippen molar-refractivity contribution in [1.82, 2.24) is 18.3 Å². The average molecular weight is 889 g/mol. The Kier molecular flexibility index (Phi) is 7.82. The lowest BCUT2D eigenvalue weighted by Crippen LogP contribution is -2.04. The van der Waals surface area contributed by atoms with Crippen molar-refractivity contribution in [3.05, 3.63) is 230 Å². The van der Waals surface area contributed by atoms with Crippen LogP contribution in [-0.4, -0.2) is 18.3 Å². The maximum absolute atomic E-state index is 11.4. The third-order valence-corrected chi connectivity index (χ3v) is 14.8. The number of rotatable bonds is 4. The molecule has 0 atom stereocenters. The molecule has 4 aromatic heterocycles. The quantitative estimate of drug-likeness (QED) is 0.177. The summed E-state index contributed by atoms with van der Waals surface area (Å²) in [6, 6.07) is 82.2. The summed E-state index contributed by atoms with van der Waals surface area (Å²) >= 11 is 0. The first-order valence-corrected chi connectivity index (χ1v) is 23.6. The number of fused-ring (bicyclic) bond motifs is 16. The van der Waals surface area contributed by atoms with Crippen molar-refractivity contribution in [2.24, 2.45) is 0 Å². The van der Waals surface area contributed by atoms with Gasteiger partial charge in [-0.2, -0.15) is 10.5 Å². The Morgan fingerprint density at radius 3 is 0.914 bits per heavy atom. The van der Waals surface area contributed by atoms with E-state index in [1.807, 2.05) is 12.1 Å². The highest BCUT2D eigenvalue weighted by Crippen LogP contribution is 2.46. The van der Waals surface area contributed by atoms with Crippen LogP contribution in [-0.2, 0) is 0 Å². The summed E-state index contributed by atoms with van der Waals surface area (Å²) in [5, 5.41) is 36.4. The Morgan fingerprint density at radius 1 is 0.243 bits per heavy atom. The molecule has 15 rings (SSSR count). The van der Waals surface area contributed by atoms with Crippen LogP contribution in [0.4, 0.5) is 0 Å². The van der Waals surface area contributed by atoms with Gasteiger partial charge in [-0.1, -0.05) is 146 Å². The second-order valence-electron chi connectivity index (χ2n) is 18.2. The summed E-state index contributed by atoms with van der Waals surface area (Å²) < 4.78 is 9.18. The fraction of sp³-hybridized carbons (Fsp3) is 0. The van der Waals surface area contributed by atoms with Gasteiger partial charge in [0.05, 0.1) is 78.0 Å². The van der Waals surface area contributed by atoms with E-state index < -0.39 is 0 Å². The van der Waals surface area contributed by atoms with E-state index in [2.05, 4.69) is 237 Å². The lowest BCUT2D eigenvalue weighted by atomic mass is 10.0. The molecule has 11 aromatic carbocycles. The fourth-order valence-corrected chi connectivity index (χ4v) is 12.0. The summed E-state index contributed by atoms with van der Waals surface area (Å²) in [4.78, 5) is 0. The lowest BCUT2D eigenvalue weighted by molar-refractivity contribution is 1.12. The summed E-state index contributed by atoms with van der Waals surface area (Å²) in [6.45, 7) is 0. The SMILES string of the molecule is N#Cc1cc(-n2c3cccc(-n4c5ccccc5c5ccccc54)c3c3c4ccccc4ccc32)c(C#N)cc1-n1c2cccc(-n3c4ccccc4c4ccccc43)c2c2c3ccccc3ccc21. The average Bonchev–Trinajstić information content (AvgIpc) is 4.16. The summed E-state index contributed by atoms with van der Waals surface area (Å²) in [6.07, 6.45) is 0. The zero-order chi connectivity index (χ0) is 46.2. The second kappa shape index (κ2) is 14.3. The summed E-state index contributed by atoms with van der Waals surface area (Å²) in [5.41, 5.74) is 12.6. The van der Waals surface area contributed by atoms with Crippen molar-refractivity contribution in [3.63, 3.8) is 0 Å². The van der Waals surface area contributed by atoms with Gasteiger partial charge in [0.2, 0.25) is 0 Å². The van der Waals surface area contributed by atoms with Crippen LogP contribution < -0.4 is 0 Å². The normalized spacial score (nSPS) is 12.0. The molecule has 0 saturated heterocycles. The van der Waals surface area contributed by atoms with E-state index in [4.69, 9.17) is 0 Å². The van der Waals surface area contributed by atoms with Crippen molar-refractivity contribution >= 4 is 109 Å². The molecule has 0 saturated carbocycles. The summed E-state index contributed by atoms with van der Waals surface area (Å²) in [5.74, 6) is 0.